The van der Waals surface area contributed by atoms with Crippen LogP contribution in [0.2, 0.25) is 5.02 Å². The number of halogens is 2. The maximum Gasteiger partial charge on any atom is 0.260 e. The fourth-order valence-corrected chi connectivity index (χ4v) is 5.49. The third kappa shape index (κ3) is 5.33. The maximum atomic E-state index is 14.0. The van der Waals surface area contributed by atoms with Crippen molar-refractivity contribution in [2.45, 2.75) is 18.7 Å². The standard InChI is InChI=1S/C22H27ClFN3O4S/c1-3-27(4-2)32(29,30)21-15-17(23)9-10-20(21)31-16-22(28)26-13-11-25(12-14-26)19-8-6-5-7-18(19)24/h5-10,15H,3-4,11-14,16H2,1-2H3. The number of ether oxygens (including phenoxy) is 1. The third-order valence-electron chi connectivity index (χ3n) is 5.41. The lowest BCUT2D eigenvalue weighted by molar-refractivity contribution is -0.133. The van der Waals surface area contributed by atoms with Gasteiger partial charge in [-0.15, -0.1) is 0 Å². The van der Waals surface area contributed by atoms with Crippen LogP contribution in [0.4, 0.5) is 10.1 Å². The minimum Gasteiger partial charge on any atom is -0.482 e. The van der Waals surface area contributed by atoms with Gasteiger partial charge in [-0.25, -0.2) is 12.8 Å². The molecular weight excluding hydrogens is 457 g/mol. The zero-order chi connectivity index (χ0) is 23.3. The molecule has 0 atom stereocenters. The molecule has 1 saturated heterocycles. The SMILES string of the molecule is CCN(CC)S(=O)(=O)c1cc(Cl)ccc1OCC(=O)N1CCN(c2ccccc2F)CC1. The molecule has 0 unspecified atom stereocenters. The molecular formula is C22H27ClFN3O4S. The molecule has 0 bridgehead atoms. The first-order valence-electron chi connectivity index (χ1n) is 10.5. The smallest absolute Gasteiger partial charge is 0.260 e. The number of amides is 1. The maximum absolute atomic E-state index is 14.0. The summed E-state index contributed by atoms with van der Waals surface area (Å²) in [5.41, 5.74) is 0.517. The van der Waals surface area contributed by atoms with E-state index in [1.165, 1.54) is 28.6 Å². The van der Waals surface area contributed by atoms with Crippen LogP contribution in [0.5, 0.6) is 5.75 Å². The van der Waals surface area contributed by atoms with Gasteiger partial charge in [0.2, 0.25) is 10.0 Å². The quantitative estimate of drug-likeness (QED) is 0.576. The van der Waals surface area contributed by atoms with Gasteiger partial charge >= 0.3 is 0 Å². The van der Waals surface area contributed by atoms with E-state index in [1.807, 2.05) is 4.90 Å². The van der Waals surface area contributed by atoms with Gasteiger partial charge in [0.15, 0.2) is 6.61 Å². The van der Waals surface area contributed by atoms with Crippen molar-refractivity contribution in [3.8, 4) is 5.75 Å². The number of anilines is 1. The van der Waals surface area contributed by atoms with E-state index >= 15 is 0 Å². The zero-order valence-electron chi connectivity index (χ0n) is 18.1. The Morgan fingerprint density at radius 1 is 1.09 bits per heavy atom. The minimum atomic E-state index is -3.81. The summed E-state index contributed by atoms with van der Waals surface area (Å²) in [7, 11) is -3.81. The van der Waals surface area contributed by atoms with Crippen molar-refractivity contribution in [2.24, 2.45) is 0 Å². The number of carbonyl (C=O) groups excluding carboxylic acids is 1. The fourth-order valence-electron chi connectivity index (χ4n) is 3.64. The van der Waals surface area contributed by atoms with E-state index in [-0.39, 0.29) is 34.0 Å². The van der Waals surface area contributed by atoms with E-state index < -0.39 is 10.0 Å². The molecule has 2 aromatic carbocycles. The first-order valence-corrected chi connectivity index (χ1v) is 12.3. The Labute approximate surface area is 193 Å². The van der Waals surface area contributed by atoms with Gasteiger partial charge in [-0.2, -0.15) is 4.31 Å². The number of hydrogen-bond donors (Lipinski definition) is 0. The second kappa shape index (κ2) is 10.5. The molecule has 32 heavy (non-hydrogen) atoms. The Kier molecular flexibility index (Phi) is 7.97. The van der Waals surface area contributed by atoms with Crippen molar-refractivity contribution < 1.29 is 22.3 Å². The number of hydrogen-bond acceptors (Lipinski definition) is 5. The predicted molar refractivity (Wildman–Crippen MR) is 122 cm³/mol. The summed E-state index contributed by atoms with van der Waals surface area (Å²) in [6.45, 7) is 5.62. The minimum absolute atomic E-state index is 0.0640. The number of sulfonamides is 1. The highest BCUT2D eigenvalue weighted by Crippen LogP contribution is 2.30. The van der Waals surface area contributed by atoms with Crippen LogP contribution >= 0.6 is 11.6 Å². The van der Waals surface area contributed by atoms with Crippen LogP contribution in [0, 0.1) is 5.82 Å². The summed E-state index contributed by atoms with van der Waals surface area (Å²) in [4.78, 5) is 16.1. The van der Waals surface area contributed by atoms with E-state index in [4.69, 9.17) is 16.3 Å². The monoisotopic (exact) mass is 483 g/mol. The van der Waals surface area contributed by atoms with E-state index in [9.17, 15) is 17.6 Å². The predicted octanol–water partition coefficient (Wildman–Crippen LogP) is 3.24. The number of nitrogens with zero attached hydrogens (tertiary/aromatic N) is 3. The summed E-state index contributed by atoms with van der Waals surface area (Å²) in [5.74, 6) is -0.473. The highest BCUT2D eigenvalue weighted by Gasteiger charge is 2.27. The van der Waals surface area contributed by atoms with Crippen molar-refractivity contribution in [3.05, 3.63) is 53.3 Å². The van der Waals surface area contributed by atoms with Gasteiger partial charge in [0.05, 0.1) is 5.69 Å². The Morgan fingerprint density at radius 3 is 2.38 bits per heavy atom. The van der Waals surface area contributed by atoms with Gasteiger partial charge in [-0.1, -0.05) is 37.6 Å². The number of rotatable bonds is 8. The fraction of sp³-hybridized carbons (Fsp3) is 0.409. The van der Waals surface area contributed by atoms with Crippen LogP contribution in [-0.4, -0.2) is 69.4 Å². The summed E-state index contributed by atoms with van der Waals surface area (Å²) < 4.78 is 46.9. The normalized spacial score (nSPS) is 14.7. The number of carbonyl (C=O) groups is 1. The molecule has 2 aromatic rings. The summed E-state index contributed by atoms with van der Waals surface area (Å²) >= 11 is 6.03. The van der Waals surface area contributed by atoms with Crippen LogP contribution in [0.3, 0.4) is 0 Å². The molecule has 10 heteroatoms. The number of para-hydroxylation sites is 1. The molecule has 1 fully saturated rings. The molecule has 1 amide bonds. The molecule has 1 heterocycles. The lowest BCUT2D eigenvalue weighted by atomic mass is 10.2. The third-order valence-corrected chi connectivity index (χ3v) is 7.71. The van der Waals surface area contributed by atoms with Gasteiger partial charge in [0.1, 0.15) is 16.5 Å². The second-order valence-electron chi connectivity index (χ2n) is 7.29. The topological polar surface area (TPSA) is 70.2 Å². The van der Waals surface area contributed by atoms with E-state index in [0.29, 0.717) is 45.0 Å². The largest absolute Gasteiger partial charge is 0.482 e. The van der Waals surface area contributed by atoms with Crippen LogP contribution in [0.25, 0.3) is 0 Å². The van der Waals surface area contributed by atoms with Crippen molar-refractivity contribution in [1.82, 2.24) is 9.21 Å². The van der Waals surface area contributed by atoms with Crippen molar-refractivity contribution in [1.29, 1.82) is 0 Å². The first kappa shape index (κ1) is 24.3. The van der Waals surface area contributed by atoms with Crippen LogP contribution < -0.4 is 9.64 Å². The second-order valence-corrected chi connectivity index (χ2v) is 9.63. The van der Waals surface area contributed by atoms with E-state index in [2.05, 4.69) is 0 Å². The highest BCUT2D eigenvalue weighted by molar-refractivity contribution is 7.89. The average molecular weight is 484 g/mol. The molecule has 3 rings (SSSR count). The molecule has 1 aliphatic heterocycles. The Balaban J connectivity index is 1.65. The highest BCUT2D eigenvalue weighted by atomic mass is 35.5. The average Bonchev–Trinajstić information content (AvgIpc) is 2.79. The summed E-state index contributed by atoms with van der Waals surface area (Å²) in [6, 6.07) is 10.9. The van der Waals surface area contributed by atoms with Crippen molar-refractivity contribution >= 4 is 33.2 Å². The van der Waals surface area contributed by atoms with Gasteiger partial charge < -0.3 is 14.5 Å². The van der Waals surface area contributed by atoms with Gasteiger partial charge in [0.25, 0.3) is 5.91 Å². The molecule has 0 aromatic heterocycles. The lowest BCUT2D eigenvalue weighted by Crippen LogP contribution is -2.50. The molecule has 7 nitrogen and oxygen atoms in total. The zero-order valence-corrected chi connectivity index (χ0v) is 19.7. The molecule has 0 saturated carbocycles. The van der Waals surface area contributed by atoms with Gasteiger partial charge in [0, 0.05) is 44.3 Å². The van der Waals surface area contributed by atoms with Crippen LogP contribution in [-0.2, 0) is 14.8 Å². The first-order chi connectivity index (χ1) is 15.3. The molecule has 0 N–H and O–H groups in total. The molecule has 174 valence electrons. The number of benzene rings is 2. The molecule has 0 radical (unpaired) electrons. The summed E-state index contributed by atoms with van der Waals surface area (Å²) in [5, 5.41) is 0.263. The van der Waals surface area contributed by atoms with Crippen LogP contribution in [0.1, 0.15) is 13.8 Å². The summed E-state index contributed by atoms with van der Waals surface area (Å²) in [6.07, 6.45) is 0. The van der Waals surface area contributed by atoms with Gasteiger partial charge in [-0.3, -0.25) is 4.79 Å². The van der Waals surface area contributed by atoms with Crippen LogP contribution in [0.15, 0.2) is 47.4 Å². The van der Waals surface area contributed by atoms with Crippen molar-refractivity contribution in [3.63, 3.8) is 0 Å². The Bertz CT molecular complexity index is 1050. The molecule has 1 aliphatic rings. The van der Waals surface area contributed by atoms with E-state index in [1.54, 1.807) is 36.9 Å². The molecule has 0 aliphatic carbocycles. The molecule has 0 spiro atoms. The lowest BCUT2D eigenvalue weighted by Gasteiger charge is -2.36. The van der Waals surface area contributed by atoms with Crippen molar-refractivity contribution in [2.75, 3.05) is 50.8 Å². The Morgan fingerprint density at radius 2 is 1.75 bits per heavy atom. The number of piperazine rings is 1. The van der Waals surface area contributed by atoms with Gasteiger partial charge in [-0.05, 0) is 30.3 Å². The Hall–Kier alpha value is -2.36. The van der Waals surface area contributed by atoms with E-state index in [0.717, 1.165) is 0 Å².